The Balaban J connectivity index is 1.82. The zero-order valence-electron chi connectivity index (χ0n) is 15.5. The number of H-pyrrole nitrogens is 2. The zero-order valence-corrected chi connectivity index (χ0v) is 17.0. The fraction of sp³-hybridized carbons (Fsp3) is 0.0500. The van der Waals surface area contributed by atoms with E-state index >= 15 is 0 Å². The number of halogens is 2. The zero-order chi connectivity index (χ0) is 21.4. The van der Waals surface area contributed by atoms with Crippen LogP contribution in [-0.4, -0.2) is 27.6 Å². The van der Waals surface area contributed by atoms with E-state index in [0.717, 1.165) is 4.52 Å². The quantitative estimate of drug-likeness (QED) is 0.447. The molecule has 0 bridgehead atoms. The summed E-state index contributed by atoms with van der Waals surface area (Å²) in [6.07, 6.45) is 0. The summed E-state index contributed by atoms with van der Waals surface area (Å²) in [6.45, 7) is 0. The fourth-order valence-corrected chi connectivity index (χ4v) is 3.31. The van der Waals surface area contributed by atoms with Gasteiger partial charge in [0.1, 0.15) is 5.75 Å². The Labute approximate surface area is 179 Å². The number of aromatic nitrogens is 3. The second kappa shape index (κ2) is 7.74. The molecule has 0 saturated carbocycles. The van der Waals surface area contributed by atoms with Gasteiger partial charge in [-0.1, -0.05) is 41.4 Å². The summed E-state index contributed by atoms with van der Waals surface area (Å²) in [7, 11) is 1.44. The van der Waals surface area contributed by atoms with Gasteiger partial charge in [0, 0.05) is 6.07 Å². The van der Waals surface area contributed by atoms with E-state index in [9.17, 15) is 14.4 Å². The average molecular weight is 445 g/mol. The number of ether oxygens (including phenoxy) is 1. The maximum Gasteiger partial charge on any atom is 0.290 e. The second-order valence-corrected chi connectivity index (χ2v) is 7.12. The Morgan fingerprint density at radius 3 is 2.57 bits per heavy atom. The predicted octanol–water partition coefficient (Wildman–Crippen LogP) is 3.55. The molecule has 2 aromatic carbocycles. The fourth-order valence-electron chi connectivity index (χ4n) is 3.02. The maximum atomic E-state index is 12.7. The highest BCUT2D eigenvalue weighted by Crippen LogP contribution is 2.27. The van der Waals surface area contributed by atoms with E-state index < -0.39 is 17.0 Å². The van der Waals surface area contributed by atoms with Gasteiger partial charge in [0.2, 0.25) is 0 Å². The van der Waals surface area contributed by atoms with Crippen LogP contribution < -0.4 is 21.2 Å². The number of amides is 1. The SMILES string of the molecule is COc1ccccc1C(=O)Nc1c(=O)[nH]n2c(=O)cc(-c3ccc(Cl)c(Cl)c3)[nH]c12. The van der Waals surface area contributed by atoms with Crippen molar-refractivity contribution in [1.82, 2.24) is 14.6 Å². The highest BCUT2D eigenvalue weighted by molar-refractivity contribution is 6.42. The first-order valence-electron chi connectivity index (χ1n) is 8.67. The highest BCUT2D eigenvalue weighted by Gasteiger charge is 2.19. The van der Waals surface area contributed by atoms with Crippen LogP contribution in [0.5, 0.6) is 5.75 Å². The third kappa shape index (κ3) is 3.47. The van der Waals surface area contributed by atoms with E-state index in [-0.39, 0.29) is 16.9 Å². The number of anilines is 1. The largest absolute Gasteiger partial charge is 0.496 e. The number of hydrogen-bond donors (Lipinski definition) is 3. The molecule has 0 aliphatic heterocycles. The summed E-state index contributed by atoms with van der Waals surface area (Å²) in [5.74, 6) is -0.216. The van der Waals surface area contributed by atoms with Crippen LogP contribution >= 0.6 is 23.2 Å². The van der Waals surface area contributed by atoms with Crippen LogP contribution in [0.3, 0.4) is 0 Å². The first-order chi connectivity index (χ1) is 14.4. The van der Waals surface area contributed by atoms with Crippen molar-refractivity contribution < 1.29 is 9.53 Å². The summed E-state index contributed by atoms with van der Waals surface area (Å²) in [4.78, 5) is 40.7. The molecule has 0 atom stereocenters. The average Bonchev–Trinajstić information content (AvgIpc) is 3.06. The van der Waals surface area contributed by atoms with E-state index in [1.54, 1.807) is 42.5 Å². The molecular formula is C20H14Cl2N4O4. The van der Waals surface area contributed by atoms with Gasteiger partial charge in [-0.2, -0.15) is 4.52 Å². The molecule has 0 unspecified atom stereocenters. The maximum absolute atomic E-state index is 12.7. The molecule has 0 fully saturated rings. The molecule has 2 heterocycles. The van der Waals surface area contributed by atoms with E-state index in [1.165, 1.54) is 13.2 Å². The molecule has 0 aliphatic carbocycles. The summed E-state index contributed by atoms with van der Waals surface area (Å²) in [6, 6.07) is 12.7. The van der Waals surface area contributed by atoms with Gasteiger partial charge in [-0.3, -0.25) is 19.5 Å². The molecule has 152 valence electrons. The first-order valence-corrected chi connectivity index (χ1v) is 9.42. The molecule has 2 aromatic heterocycles. The summed E-state index contributed by atoms with van der Waals surface area (Å²) in [5, 5.41) is 5.63. The molecule has 4 rings (SSSR count). The van der Waals surface area contributed by atoms with Gasteiger partial charge >= 0.3 is 0 Å². The third-order valence-corrected chi connectivity index (χ3v) is 5.20. The molecule has 0 aliphatic rings. The van der Waals surface area contributed by atoms with Gasteiger partial charge in [-0.05, 0) is 29.8 Å². The second-order valence-electron chi connectivity index (χ2n) is 6.30. The number of nitrogens with one attached hydrogen (secondary N) is 3. The number of nitrogens with zero attached hydrogens (tertiary/aromatic N) is 1. The Bertz CT molecular complexity index is 1400. The number of fused-ring (bicyclic) bond motifs is 1. The number of aromatic amines is 2. The Kier molecular flexibility index (Phi) is 5.11. The van der Waals surface area contributed by atoms with Crippen molar-refractivity contribution in [3.8, 4) is 17.0 Å². The van der Waals surface area contributed by atoms with Gasteiger partial charge in [-0.25, -0.2) is 0 Å². The van der Waals surface area contributed by atoms with Gasteiger partial charge < -0.3 is 15.0 Å². The van der Waals surface area contributed by atoms with Crippen molar-refractivity contribution in [2.75, 3.05) is 12.4 Å². The van der Waals surface area contributed by atoms with Crippen LogP contribution in [0.25, 0.3) is 16.9 Å². The lowest BCUT2D eigenvalue weighted by Crippen LogP contribution is -2.18. The lowest BCUT2D eigenvalue weighted by Gasteiger charge is -2.08. The van der Waals surface area contributed by atoms with Gasteiger partial charge in [0.15, 0.2) is 11.3 Å². The van der Waals surface area contributed by atoms with Crippen molar-refractivity contribution in [1.29, 1.82) is 0 Å². The van der Waals surface area contributed by atoms with Crippen LogP contribution in [0.15, 0.2) is 58.1 Å². The number of para-hydroxylation sites is 1. The Morgan fingerprint density at radius 2 is 1.83 bits per heavy atom. The number of carbonyl (C=O) groups excluding carboxylic acids is 1. The topological polar surface area (TPSA) is 108 Å². The number of carbonyl (C=O) groups is 1. The number of rotatable bonds is 4. The van der Waals surface area contributed by atoms with Crippen LogP contribution in [0.4, 0.5) is 5.69 Å². The van der Waals surface area contributed by atoms with Crippen molar-refractivity contribution >= 4 is 40.4 Å². The minimum Gasteiger partial charge on any atom is -0.496 e. The third-order valence-electron chi connectivity index (χ3n) is 4.46. The van der Waals surface area contributed by atoms with Crippen molar-refractivity contribution in [3.63, 3.8) is 0 Å². The lowest BCUT2D eigenvalue weighted by molar-refractivity contribution is 0.102. The molecule has 10 heteroatoms. The highest BCUT2D eigenvalue weighted by atomic mass is 35.5. The van der Waals surface area contributed by atoms with Crippen LogP contribution in [0, 0.1) is 0 Å². The molecule has 1 amide bonds. The van der Waals surface area contributed by atoms with Crippen LogP contribution in [-0.2, 0) is 0 Å². The van der Waals surface area contributed by atoms with Gasteiger partial charge in [-0.15, -0.1) is 0 Å². The summed E-state index contributed by atoms with van der Waals surface area (Å²) >= 11 is 12.0. The summed E-state index contributed by atoms with van der Waals surface area (Å²) < 4.78 is 6.20. The van der Waals surface area contributed by atoms with E-state index in [2.05, 4.69) is 15.4 Å². The van der Waals surface area contributed by atoms with E-state index in [1.807, 2.05) is 0 Å². The first kappa shape index (κ1) is 19.8. The molecule has 4 aromatic rings. The van der Waals surface area contributed by atoms with Gasteiger partial charge in [0.05, 0.1) is 28.4 Å². The molecule has 30 heavy (non-hydrogen) atoms. The van der Waals surface area contributed by atoms with E-state index in [4.69, 9.17) is 27.9 Å². The normalized spacial score (nSPS) is 10.9. The van der Waals surface area contributed by atoms with Crippen LogP contribution in [0.2, 0.25) is 10.0 Å². The smallest absolute Gasteiger partial charge is 0.290 e. The Morgan fingerprint density at radius 1 is 1.07 bits per heavy atom. The monoisotopic (exact) mass is 444 g/mol. The van der Waals surface area contributed by atoms with Gasteiger partial charge in [0.25, 0.3) is 17.0 Å². The lowest BCUT2D eigenvalue weighted by atomic mass is 10.1. The molecule has 8 nitrogen and oxygen atoms in total. The number of methoxy groups -OCH3 is 1. The predicted molar refractivity (Wildman–Crippen MR) is 115 cm³/mol. The van der Waals surface area contributed by atoms with Crippen molar-refractivity contribution in [2.45, 2.75) is 0 Å². The molecule has 0 radical (unpaired) electrons. The standard InChI is InChI=1S/C20H14Cl2N4O4/c1-30-15-5-3-2-4-11(15)19(28)24-17-18-23-14(9-16(27)26(18)25-20(17)29)10-6-7-12(21)13(22)8-10/h2-9,23H,1H3,(H,24,28)(H,25,29). The molecule has 0 spiro atoms. The number of benzene rings is 2. The Hall–Kier alpha value is -3.49. The van der Waals surface area contributed by atoms with Crippen LogP contribution in [0.1, 0.15) is 10.4 Å². The van der Waals surface area contributed by atoms with Crippen molar-refractivity contribution in [2.24, 2.45) is 0 Å². The summed E-state index contributed by atoms with van der Waals surface area (Å²) in [5.41, 5.74) is 0.0612. The minimum atomic E-state index is -0.641. The number of hydrogen-bond acceptors (Lipinski definition) is 4. The van der Waals surface area contributed by atoms with E-state index in [0.29, 0.717) is 27.1 Å². The molecule has 3 N–H and O–H groups in total. The van der Waals surface area contributed by atoms with Crippen molar-refractivity contribution in [3.05, 3.63) is 84.8 Å². The minimum absolute atomic E-state index is 0.0943. The molecular weight excluding hydrogens is 431 g/mol. The molecule has 0 saturated heterocycles.